The third-order valence-electron chi connectivity index (χ3n) is 7.50. The number of nitrogens with two attached hydrogens (primary N) is 1. The molecule has 0 heterocycles. The van der Waals surface area contributed by atoms with Gasteiger partial charge in [0.2, 0.25) is 5.91 Å². The van der Waals surface area contributed by atoms with Gasteiger partial charge < -0.3 is 25.8 Å². The van der Waals surface area contributed by atoms with E-state index in [0.717, 1.165) is 0 Å². The summed E-state index contributed by atoms with van der Waals surface area (Å²) in [6, 6.07) is 4.23. The molecule has 1 aromatic carbocycles. The van der Waals surface area contributed by atoms with E-state index in [-0.39, 0.29) is 5.56 Å². The molecular formula is C24H23NO11. The Morgan fingerprint density at radius 2 is 1.78 bits per heavy atom. The fraction of sp³-hybridized carbons (Fsp3) is 0.458. The van der Waals surface area contributed by atoms with E-state index in [0.29, 0.717) is 5.56 Å². The molecule has 1 aromatic rings. The van der Waals surface area contributed by atoms with Crippen molar-refractivity contribution >= 4 is 41.0 Å². The van der Waals surface area contributed by atoms with Crippen LogP contribution in [0.4, 0.5) is 0 Å². The SMILES string of the molecule is C[C@H]1c2cccc(O)c2C(=O)C2C(=O)[C@]3(O)C(=O)C(C(N)=O)C(=O)C[C@@H]3[C@@H](OC(=O)CCC(=O)O)[C@@H]21. The van der Waals surface area contributed by atoms with Crippen LogP contribution in [-0.4, -0.2) is 68.0 Å². The average molecular weight is 501 g/mol. The summed E-state index contributed by atoms with van der Waals surface area (Å²) in [4.78, 5) is 88.3. The number of esters is 1. The number of amides is 1. The summed E-state index contributed by atoms with van der Waals surface area (Å²) in [5, 5.41) is 30.7. The van der Waals surface area contributed by atoms with Crippen molar-refractivity contribution in [3.63, 3.8) is 0 Å². The van der Waals surface area contributed by atoms with Crippen LogP contribution >= 0.6 is 0 Å². The Morgan fingerprint density at radius 3 is 2.39 bits per heavy atom. The highest BCUT2D eigenvalue weighted by Gasteiger charge is 2.71. The summed E-state index contributed by atoms with van der Waals surface area (Å²) in [5.74, 6) is -16.2. The van der Waals surface area contributed by atoms with Crippen LogP contribution in [-0.2, 0) is 33.5 Å². The number of carboxylic acid groups (broad SMARTS) is 1. The van der Waals surface area contributed by atoms with Crippen molar-refractivity contribution < 1.29 is 53.6 Å². The molecule has 4 rings (SSSR count). The summed E-state index contributed by atoms with van der Waals surface area (Å²) in [6.45, 7) is 1.59. The van der Waals surface area contributed by atoms with Crippen molar-refractivity contribution in [1.29, 1.82) is 0 Å². The number of primary amides is 1. The Labute approximate surface area is 203 Å². The van der Waals surface area contributed by atoms with Crippen molar-refractivity contribution in [2.24, 2.45) is 29.4 Å². The number of fused-ring (bicyclic) bond motifs is 3. The van der Waals surface area contributed by atoms with Crippen LogP contribution in [0.2, 0.25) is 0 Å². The summed E-state index contributed by atoms with van der Waals surface area (Å²) in [6.07, 6.45) is -3.46. The maximum atomic E-state index is 13.7. The zero-order chi connectivity index (χ0) is 26.7. The summed E-state index contributed by atoms with van der Waals surface area (Å²) >= 11 is 0. The van der Waals surface area contributed by atoms with Crippen LogP contribution in [0.5, 0.6) is 5.75 Å². The van der Waals surface area contributed by atoms with Crippen molar-refractivity contribution in [3.8, 4) is 5.75 Å². The fourth-order valence-corrected chi connectivity index (χ4v) is 5.86. The number of carbonyl (C=O) groups excluding carboxylic acids is 6. The summed E-state index contributed by atoms with van der Waals surface area (Å²) < 4.78 is 5.50. The minimum absolute atomic E-state index is 0.191. The Morgan fingerprint density at radius 1 is 1.11 bits per heavy atom. The summed E-state index contributed by atoms with van der Waals surface area (Å²) in [7, 11) is 0. The van der Waals surface area contributed by atoms with Crippen molar-refractivity contribution in [2.45, 2.75) is 43.8 Å². The van der Waals surface area contributed by atoms with E-state index in [4.69, 9.17) is 15.6 Å². The van der Waals surface area contributed by atoms with Crippen LogP contribution in [0, 0.1) is 23.7 Å². The maximum Gasteiger partial charge on any atom is 0.306 e. The lowest BCUT2D eigenvalue weighted by molar-refractivity contribution is -0.198. The molecular weight excluding hydrogens is 478 g/mol. The molecule has 2 saturated carbocycles. The summed E-state index contributed by atoms with van der Waals surface area (Å²) in [5.41, 5.74) is 2.26. The lowest BCUT2D eigenvalue weighted by Gasteiger charge is -2.53. The van der Waals surface area contributed by atoms with Gasteiger partial charge in [-0.25, -0.2) is 0 Å². The molecule has 36 heavy (non-hydrogen) atoms. The molecule has 0 aliphatic heterocycles. The number of aromatic hydroxyl groups is 1. The lowest BCUT2D eigenvalue weighted by atomic mass is 9.50. The number of hydrogen-bond donors (Lipinski definition) is 4. The topological polar surface area (TPSA) is 215 Å². The van der Waals surface area contributed by atoms with Gasteiger partial charge in [-0.3, -0.25) is 33.6 Å². The van der Waals surface area contributed by atoms with E-state index in [1.807, 2.05) is 0 Å². The molecule has 3 aliphatic carbocycles. The van der Waals surface area contributed by atoms with Gasteiger partial charge in [-0.2, -0.15) is 0 Å². The van der Waals surface area contributed by atoms with Crippen LogP contribution in [0.15, 0.2) is 18.2 Å². The molecule has 190 valence electrons. The van der Waals surface area contributed by atoms with Gasteiger partial charge in [-0.05, 0) is 17.5 Å². The minimum atomic E-state index is -3.05. The lowest BCUT2D eigenvalue weighted by Crippen LogP contribution is -2.73. The molecule has 2 fully saturated rings. The predicted molar refractivity (Wildman–Crippen MR) is 115 cm³/mol. The van der Waals surface area contributed by atoms with Crippen molar-refractivity contribution in [2.75, 3.05) is 0 Å². The minimum Gasteiger partial charge on any atom is -0.507 e. The molecule has 3 aliphatic rings. The first-order valence-electron chi connectivity index (χ1n) is 11.2. The first-order chi connectivity index (χ1) is 16.8. The zero-order valence-corrected chi connectivity index (χ0v) is 19.0. The van der Waals surface area contributed by atoms with E-state index in [1.165, 1.54) is 18.2 Å². The van der Waals surface area contributed by atoms with Gasteiger partial charge in [-0.1, -0.05) is 19.1 Å². The Bertz CT molecular complexity index is 1240. The van der Waals surface area contributed by atoms with Crippen LogP contribution in [0.3, 0.4) is 0 Å². The van der Waals surface area contributed by atoms with Crippen LogP contribution in [0.25, 0.3) is 0 Å². The number of phenols is 1. The molecule has 0 spiro atoms. The number of hydrogen-bond acceptors (Lipinski definition) is 10. The maximum absolute atomic E-state index is 13.7. The van der Waals surface area contributed by atoms with Gasteiger partial charge in [-0.15, -0.1) is 0 Å². The van der Waals surface area contributed by atoms with Gasteiger partial charge >= 0.3 is 11.9 Å². The molecule has 0 saturated heterocycles. The van der Waals surface area contributed by atoms with Crippen molar-refractivity contribution in [1.82, 2.24) is 0 Å². The van der Waals surface area contributed by atoms with E-state index in [2.05, 4.69) is 0 Å². The van der Waals surface area contributed by atoms with Gasteiger partial charge in [0.25, 0.3) is 0 Å². The highest BCUT2D eigenvalue weighted by Crippen LogP contribution is 2.54. The van der Waals surface area contributed by atoms with E-state index in [9.17, 15) is 43.8 Å². The third-order valence-corrected chi connectivity index (χ3v) is 7.50. The fourth-order valence-electron chi connectivity index (χ4n) is 5.86. The molecule has 5 N–H and O–H groups in total. The average Bonchev–Trinajstić information content (AvgIpc) is 2.79. The highest BCUT2D eigenvalue weighted by molar-refractivity contribution is 6.31. The molecule has 2 unspecified atom stereocenters. The number of phenolic OH excluding ortho intramolecular Hbond substituents is 1. The second-order valence-electron chi connectivity index (χ2n) is 9.40. The number of rotatable bonds is 5. The second kappa shape index (κ2) is 8.63. The van der Waals surface area contributed by atoms with E-state index < -0.39 is 107 Å². The number of aliphatic carboxylic acids is 1. The molecule has 7 atom stereocenters. The molecule has 12 nitrogen and oxygen atoms in total. The molecule has 12 heteroatoms. The monoisotopic (exact) mass is 501 g/mol. The number of benzene rings is 1. The second-order valence-corrected chi connectivity index (χ2v) is 9.40. The number of ether oxygens (including phenoxy) is 1. The van der Waals surface area contributed by atoms with Gasteiger partial charge in [0.1, 0.15) is 11.9 Å². The highest BCUT2D eigenvalue weighted by atomic mass is 16.5. The number of carboxylic acids is 1. The smallest absolute Gasteiger partial charge is 0.306 e. The number of carbonyl (C=O) groups is 7. The molecule has 0 bridgehead atoms. The number of Topliss-reactive ketones (excluding diaryl/α,β-unsaturated/α-hetero) is 4. The number of aliphatic hydroxyl groups is 1. The van der Waals surface area contributed by atoms with Gasteiger partial charge in [0.15, 0.2) is 34.7 Å². The van der Waals surface area contributed by atoms with Crippen LogP contribution < -0.4 is 5.73 Å². The Kier molecular flexibility index (Phi) is 6.03. The standard InChI is InChI=1S/C24H23NO11/c1-8-9-3-2-4-11(26)16(9)19(31)18-15(8)20(36-14(30)6-5-13(28)29)10-7-12(27)17(23(25)34)21(32)24(10,35)22(18)33/h2-4,8,10,15,17-18,20,26,35H,5-7H2,1H3,(H2,25,34)(H,28,29)/t8-,10+,15+,17?,18?,20+,24+/m0/s1. The molecule has 0 aromatic heterocycles. The Hall–Kier alpha value is -3.93. The molecule has 1 amide bonds. The molecule has 0 radical (unpaired) electrons. The van der Waals surface area contributed by atoms with Crippen molar-refractivity contribution in [3.05, 3.63) is 29.3 Å². The quantitative estimate of drug-likeness (QED) is 0.291. The van der Waals surface area contributed by atoms with Gasteiger partial charge in [0.05, 0.1) is 24.3 Å². The van der Waals surface area contributed by atoms with E-state index in [1.54, 1.807) is 6.92 Å². The zero-order valence-electron chi connectivity index (χ0n) is 19.0. The first kappa shape index (κ1) is 25.2. The largest absolute Gasteiger partial charge is 0.507 e. The normalized spacial score (nSPS) is 33.3. The Balaban J connectivity index is 1.88. The van der Waals surface area contributed by atoms with E-state index >= 15 is 0 Å². The number of ketones is 4. The van der Waals surface area contributed by atoms with Crippen LogP contribution in [0.1, 0.15) is 48.0 Å². The predicted octanol–water partition coefficient (Wildman–Crippen LogP) is -0.726. The third kappa shape index (κ3) is 3.51. The first-order valence-corrected chi connectivity index (χ1v) is 11.2. The van der Waals surface area contributed by atoms with Gasteiger partial charge in [0, 0.05) is 18.3 Å².